The van der Waals surface area contributed by atoms with E-state index in [0.717, 1.165) is 6.42 Å². The summed E-state index contributed by atoms with van der Waals surface area (Å²) in [5, 5.41) is 0. The molecule has 0 heterocycles. The maximum absolute atomic E-state index is 10.9. The van der Waals surface area contributed by atoms with Crippen molar-refractivity contribution in [2.45, 2.75) is 13.3 Å². The highest BCUT2D eigenvalue weighted by molar-refractivity contribution is 5.81. The fourth-order valence-corrected chi connectivity index (χ4v) is 1.13. The third-order valence-corrected chi connectivity index (χ3v) is 1.78. The summed E-state index contributed by atoms with van der Waals surface area (Å²) in [7, 11) is 0. The van der Waals surface area contributed by atoms with Crippen LogP contribution in [0.25, 0.3) is 0 Å². The summed E-state index contributed by atoms with van der Waals surface area (Å²) < 4.78 is 4.77. The molecule has 13 heavy (non-hydrogen) atoms. The predicted molar refractivity (Wildman–Crippen MR) is 52.2 cm³/mol. The Balaban J connectivity index is 2.35. The highest BCUT2D eigenvalue weighted by atomic mass is 16.5. The number of ether oxygens (including phenoxy) is 1. The number of allylic oxidation sites excluding steroid dienone is 5. The van der Waals surface area contributed by atoms with Crippen LogP contribution in [0.2, 0.25) is 0 Å². The lowest BCUT2D eigenvalue weighted by molar-refractivity contribution is -0.137. The minimum absolute atomic E-state index is 0.259. The van der Waals surface area contributed by atoms with E-state index in [1.165, 1.54) is 6.08 Å². The molecular weight excluding hydrogens is 164 g/mol. The van der Waals surface area contributed by atoms with E-state index in [2.05, 4.69) is 12.2 Å². The van der Waals surface area contributed by atoms with E-state index >= 15 is 0 Å². The molecule has 0 aliphatic heterocycles. The lowest BCUT2D eigenvalue weighted by Gasteiger charge is -2.06. The smallest absolute Gasteiger partial charge is 0.330 e. The molecule has 0 fully saturated rings. The fraction of sp³-hybridized carbons (Fsp3) is 0.364. The molecule has 1 unspecified atom stereocenters. The lowest BCUT2D eigenvalue weighted by Crippen LogP contribution is -2.01. The van der Waals surface area contributed by atoms with E-state index in [0.29, 0.717) is 12.5 Å². The van der Waals surface area contributed by atoms with Gasteiger partial charge in [0.25, 0.3) is 0 Å². The Morgan fingerprint density at radius 2 is 2.46 bits per heavy atom. The Labute approximate surface area is 78.6 Å². The van der Waals surface area contributed by atoms with Gasteiger partial charge in [0.2, 0.25) is 0 Å². The van der Waals surface area contributed by atoms with Crippen LogP contribution in [-0.4, -0.2) is 12.6 Å². The van der Waals surface area contributed by atoms with Gasteiger partial charge in [-0.05, 0) is 19.3 Å². The van der Waals surface area contributed by atoms with Gasteiger partial charge < -0.3 is 4.74 Å². The maximum atomic E-state index is 10.9. The first-order valence-corrected chi connectivity index (χ1v) is 4.51. The average Bonchev–Trinajstić information content (AvgIpc) is 2.17. The highest BCUT2D eigenvalue weighted by Crippen LogP contribution is 2.12. The van der Waals surface area contributed by atoms with Crippen molar-refractivity contribution in [3.8, 4) is 0 Å². The molecule has 0 spiro atoms. The number of esters is 1. The van der Waals surface area contributed by atoms with Gasteiger partial charge in [-0.3, -0.25) is 0 Å². The number of hydrogen-bond acceptors (Lipinski definition) is 2. The van der Waals surface area contributed by atoms with Crippen molar-refractivity contribution in [2.24, 2.45) is 5.92 Å². The van der Waals surface area contributed by atoms with Crippen molar-refractivity contribution in [3.63, 3.8) is 0 Å². The third kappa shape index (κ3) is 3.74. The lowest BCUT2D eigenvalue weighted by atomic mass is 10.0. The summed E-state index contributed by atoms with van der Waals surface area (Å²) in [6.07, 6.45) is 12.5. The summed E-state index contributed by atoms with van der Waals surface area (Å²) in [5.41, 5.74) is 0. The Morgan fingerprint density at radius 3 is 3.08 bits per heavy atom. The van der Waals surface area contributed by atoms with Gasteiger partial charge in [0.15, 0.2) is 0 Å². The fourth-order valence-electron chi connectivity index (χ4n) is 1.13. The topological polar surface area (TPSA) is 26.3 Å². The van der Waals surface area contributed by atoms with Crippen LogP contribution in [0.15, 0.2) is 36.5 Å². The van der Waals surface area contributed by atoms with Crippen LogP contribution >= 0.6 is 0 Å². The maximum Gasteiger partial charge on any atom is 0.330 e. The molecule has 0 saturated carbocycles. The van der Waals surface area contributed by atoms with Crippen LogP contribution in [0.3, 0.4) is 0 Å². The second-order valence-electron chi connectivity index (χ2n) is 2.82. The standard InChI is InChI=1S/C11H14O2/c1-2-13-11(12)9-8-10-6-4-3-5-7-10/h3-6,8-10H,2,7H2,1H3/b9-8+. The summed E-state index contributed by atoms with van der Waals surface area (Å²) in [5.74, 6) is 0.0832. The molecule has 2 nitrogen and oxygen atoms in total. The van der Waals surface area contributed by atoms with Crippen LogP contribution in [0, 0.1) is 5.92 Å². The number of hydrogen-bond donors (Lipinski definition) is 0. The molecule has 1 rings (SSSR count). The molecule has 0 N–H and O–H groups in total. The molecule has 0 aromatic rings. The molecule has 0 bridgehead atoms. The monoisotopic (exact) mass is 178 g/mol. The summed E-state index contributed by atoms with van der Waals surface area (Å²) >= 11 is 0. The predicted octanol–water partition coefficient (Wildman–Crippen LogP) is 2.24. The summed E-state index contributed by atoms with van der Waals surface area (Å²) in [6.45, 7) is 2.23. The normalized spacial score (nSPS) is 20.8. The first-order valence-electron chi connectivity index (χ1n) is 4.51. The van der Waals surface area contributed by atoms with Gasteiger partial charge in [-0.1, -0.05) is 30.4 Å². The summed E-state index contributed by atoms with van der Waals surface area (Å²) in [6, 6.07) is 0. The molecule has 1 aliphatic rings. The molecule has 0 saturated heterocycles. The van der Waals surface area contributed by atoms with E-state index in [-0.39, 0.29) is 5.97 Å². The second-order valence-corrected chi connectivity index (χ2v) is 2.82. The van der Waals surface area contributed by atoms with Gasteiger partial charge in [-0.2, -0.15) is 0 Å². The van der Waals surface area contributed by atoms with Crippen LogP contribution in [0.1, 0.15) is 13.3 Å². The first-order chi connectivity index (χ1) is 6.33. The van der Waals surface area contributed by atoms with Gasteiger partial charge in [0, 0.05) is 6.08 Å². The molecule has 70 valence electrons. The van der Waals surface area contributed by atoms with Crippen molar-refractivity contribution in [1.82, 2.24) is 0 Å². The van der Waals surface area contributed by atoms with Crippen LogP contribution < -0.4 is 0 Å². The van der Waals surface area contributed by atoms with E-state index in [1.54, 1.807) is 6.92 Å². The quantitative estimate of drug-likeness (QED) is 0.489. The first kappa shape index (κ1) is 9.78. The largest absolute Gasteiger partial charge is 0.463 e. The zero-order chi connectivity index (χ0) is 9.52. The number of rotatable bonds is 3. The summed E-state index contributed by atoms with van der Waals surface area (Å²) in [4.78, 5) is 10.9. The van der Waals surface area contributed by atoms with Crippen molar-refractivity contribution < 1.29 is 9.53 Å². The van der Waals surface area contributed by atoms with Crippen molar-refractivity contribution in [3.05, 3.63) is 36.5 Å². The Hall–Kier alpha value is -1.31. The molecule has 0 radical (unpaired) electrons. The van der Waals surface area contributed by atoms with Crippen LogP contribution in [-0.2, 0) is 9.53 Å². The SMILES string of the molecule is CCOC(=O)/C=C/C1C=CC=CC1. The number of carbonyl (C=O) groups is 1. The van der Waals surface area contributed by atoms with Gasteiger partial charge in [0.05, 0.1) is 6.61 Å². The van der Waals surface area contributed by atoms with Crippen molar-refractivity contribution in [2.75, 3.05) is 6.61 Å². The Kier molecular flexibility index (Phi) is 4.03. The zero-order valence-electron chi connectivity index (χ0n) is 7.77. The molecule has 0 aromatic carbocycles. The van der Waals surface area contributed by atoms with Gasteiger partial charge in [0.1, 0.15) is 0 Å². The van der Waals surface area contributed by atoms with Crippen molar-refractivity contribution >= 4 is 5.97 Å². The van der Waals surface area contributed by atoms with Crippen LogP contribution in [0.4, 0.5) is 0 Å². The molecule has 0 aromatic heterocycles. The minimum atomic E-state index is -0.259. The molecular formula is C11H14O2. The second kappa shape index (κ2) is 5.36. The van der Waals surface area contributed by atoms with E-state index in [1.807, 2.05) is 18.2 Å². The van der Waals surface area contributed by atoms with E-state index in [9.17, 15) is 4.79 Å². The van der Waals surface area contributed by atoms with Gasteiger partial charge in [-0.15, -0.1) is 0 Å². The van der Waals surface area contributed by atoms with E-state index < -0.39 is 0 Å². The molecule has 1 aliphatic carbocycles. The Bertz CT molecular complexity index is 249. The van der Waals surface area contributed by atoms with E-state index in [4.69, 9.17) is 4.74 Å². The average molecular weight is 178 g/mol. The number of carbonyl (C=O) groups excluding carboxylic acids is 1. The Morgan fingerprint density at radius 1 is 1.62 bits per heavy atom. The van der Waals surface area contributed by atoms with Crippen molar-refractivity contribution in [1.29, 1.82) is 0 Å². The van der Waals surface area contributed by atoms with Gasteiger partial charge in [-0.25, -0.2) is 4.79 Å². The third-order valence-electron chi connectivity index (χ3n) is 1.78. The molecule has 2 heteroatoms. The molecule has 1 atom stereocenters. The van der Waals surface area contributed by atoms with Gasteiger partial charge >= 0.3 is 5.97 Å². The molecule has 0 amide bonds. The highest BCUT2D eigenvalue weighted by Gasteiger charge is 2.01. The zero-order valence-corrected chi connectivity index (χ0v) is 7.77. The van der Waals surface area contributed by atoms with Crippen LogP contribution in [0.5, 0.6) is 0 Å². The minimum Gasteiger partial charge on any atom is -0.463 e.